The van der Waals surface area contributed by atoms with Gasteiger partial charge in [-0.15, -0.1) is 0 Å². The molecule has 7 heteroatoms. The van der Waals surface area contributed by atoms with E-state index >= 15 is 0 Å². The number of para-hydroxylation sites is 2. The van der Waals surface area contributed by atoms with Gasteiger partial charge in [-0.1, -0.05) is 29.8 Å². The number of hydrogen-bond donors (Lipinski definition) is 1. The van der Waals surface area contributed by atoms with Crippen LogP contribution in [0.4, 0.5) is 5.69 Å². The molecule has 1 heterocycles. The van der Waals surface area contributed by atoms with Gasteiger partial charge in [-0.3, -0.25) is 4.79 Å². The van der Waals surface area contributed by atoms with Crippen molar-refractivity contribution in [3.05, 3.63) is 78.4 Å². The maximum Gasteiger partial charge on any atom is 0.239 e. The van der Waals surface area contributed by atoms with Gasteiger partial charge in [0.05, 0.1) is 4.90 Å². The lowest BCUT2D eigenvalue weighted by molar-refractivity contribution is -0.113. The minimum absolute atomic E-state index is 0.129. The first-order valence-electron chi connectivity index (χ1n) is 8.96. The molecule has 0 spiro atoms. The van der Waals surface area contributed by atoms with E-state index in [4.69, 9.17) is 4.42 Å². The predicted octanol–water partition coefficient (Wildman–Crippen LogP) is 4.22. The van der Waals surface area contributed by atoms with E-state index in [2.05, 4.69) is 10.3 Å². The molecule has 0 aliphatic heterocycles. The van der Waals surface area contributed by atoms with Crippen molar-refractivity contribution in [3.63, 3.8) is 0 Å². The zero-order valence-corrected chi connectivity index (χ0v) is 16.4. The molecular weight excluding hydrogens is 388 g/mol. The molecule has 146 valence electrons. The van der Waals surface area contributed by atoms with Crippen LogP contribution in [0.3, 0.4) is 0 Å². The van der Waals surface area contributed by atoms with Gasteiger partial charge >= 0.3 is 0 Å². The SMILES string of the molecule is Cc1ccc(S(=O)(=O)CC(=O)Nc2ccc(-c3nc4ccccc4o3)cc2)cc1. The number of nitrogens with zero attached hydrogens (tertiary/aromatic N) is 1. The molecule has 0 bridgehead atoms. The van der Waals surface area contributed by atoms with Gasteiger partial charge in [0.15, 0.2) is 15.4 Å². The highest BCUT2D eigenvalue weighted by atomic mass is 32.2. The van der Waals surface area contributed by atoms with Crippen molar-refractivity contribution in [2.75, 3.05) is 11.1 Å². The number of rotatable bonds is 5. The molecule has 4 aromatic rings. The number of carbonyl (C=O) groups excluding carboxylic acids is 1. The Kier molecular flexibility index (Phi) is 4.90. The molecule has 0 unspecified atom stereocenters. The van der Waals surface area contributed by atoms with Crippen molar-refractivity contribution in [1.82, 2.24) is 4.98 Å². The maximum absolute atomic E-state index is 12.4. The number of benzene rings is 3. The first kappa shape index (κ1) is 18.9. The van der Waals surface area contributed by atoms with Crippen LogP contribution in [0.15, 0.2) is 82.1 Å². The second kappa shape index (κ2) is 7.52. The van der Waals surface area contributed by atoms with Crippen molar-refractivity contribution in [3.8, 4) is 11.5 Å². The topological polar surface area (TPSA) is 89.3 Å². The summed E-state index contributed by atoms with van der Waals surface area (Å²) in [6.07, 6.45) is 0. The van der Waals surface area contributed by atoms with E-state index in [0.717, 1.165) is 16.6 Å². The molecule has 0 radical (unpaired) electrons. The Hall–Kier alpha value is -3.45. The Morgan fingerprint density at radius 3 is 2.34 bits per heavy atom. The summed E-state index contributed by atoms with van der Waals surface area (Å²) < 4.78 is 30.5. The molecule has 0 fully saturated rings. The average molecular weight is 406 g/mol. The lowest BCUT2D eigenvalue weighted by atomic mass is 10.2. The second-order valence-electron chi connectivity index (χ2n) is 6.68. The fourth-order valence-electron chi connectivity index (χ4n) is 2.89. The second-order valence-corrected chi connectivity index (χ2v) is 8.67. The number of hydrogen-bond acceptors (Lipinski definition) is 5. The van der Waals surface area contributed by atoms with Gasteiger partial charge in [-0.2, -0.15) is 0 Å². The molecule has 1 aromatic heterocycles. The third-order valence-electron chi connectivity index (χ3n) is 4.41. The Morgan fingerprint density at radius 1 is 0.966 bits per heavy atom. The average Bonchev–Trinajstić information content (AvgIpc) is 3.12. The van der Waals surface area contributed by atoms with E-state index in [1.165, 1.54) is 12.1 Å². The fourth-order valence-corrected chi connectivity index (χ4v) is 4.03. The maximum atomic E-state index is 12.4. The van der Waals surface area contributed by atoms with Crippen molar-refractivity contribution >= 4 is 32.5 Å². The summed E-state index contributed by atoms with van der Waals surface area (Å²) >= 11 is 0. The lowest BCUT2D eigenvalue weighted by Gasteiger charge is -2.07. The lowest BCUT2D eigenvalue weighted by Crippen LogP contribution is -2.23. The fraction of sp³-hybridized carbons (Fsp3) is 0.0909. The highest BCUT2D eigenvalue weighted by Gasteiger charge is 2.19. The van der Waals surface area contributed by atoms with Crippen molar-refractivity contribution < 1.29 is 17.6 Å². The number of aromatic nitrogens is 1. The molecule has 0 saturated heterocycles. The van der Waals surface area contributed by atoms with Crippen LogP contribution in [0.25, 0.3) is 22.6 Å². The molecule has 29 heavy (non-hydrogen) atoms. The standard InChI is InChI=1S/C22H18N2O4S/c1-15-6-12-18(13-7-15)29(26,27)14-21(25)23-17-10-8-16(9-11-17)22-24-19-4-2-3-5-20(19)28-22/h2-13H,14H2,1H3,(H,23,25). The molecule has 0 atom stereocenters. The van der Waals surface area contributed by atoms with Gasteiger partial charge in [-0.25, -0.2) is 13.4 Å². The van der Waals surface area contributed by atoms with E-state index in [1.807, 2.05) is 31.2 Å². The van der Waals surface area contributed by atoms with Crippen molar-refractivity contribution in [1.29, 1.82) is 0 Å². The summed E-state index contributed by atoms with van der Waals surface area (Å²) in [7, 11) is -3.70. The highest BCUT2D eigenvalue weighted by Crippen LogP contribution is 2.25. The third kappa shape index (κ3) is 4.20. The first-order valence-corrected chi connectivity index (χ1v) is 10.6. The first-order chi connectivity index (χ1) is 13.9. The van der Waals surface area contributed by atoms with E-state index in [1.54, 1.807) is 36.4 Å². The number of sulfone groups is 1. The molecule has 0 aliphatic rings. The molecule has 0 saturated carbocycles. The van der Waals surface area contributed by atoms with Gasteiger partial charge in [0.1, 0.15) is 11.3 Å². The molecule has 1 N–H and O–H groups in total. The van der Waals surface area contributed by atoms with Crippen LogP contribution in [-0.4, -0.2) is 25.1 Å². The molecule has 3 aromatic carbocycles. The molecular formula is C22H18N2O4S. The van der Waals surface area contributed by atoms with Crippen LogP contribution in [0, 0.1) is 6.92 Å². The van der Waals surface area contributed by atoms with Gasteiger partial charge in [0, 0.05) is 11.3 Å². The van der Waals surface area contributed by atoms with E-state index in [0.29, 0.717) is 17.2 Å². The summed E-state index contributed by atoms with van der Waals surface area (Å²) in [5, 5.41) is 2.62. The number of carbonyl (C=O) groups is 1. The summed E-state index contributed by atoms with van der Waals surface area (Å²) in [6.45, 7) is 1.87. The van der Waals surface area contributed by atoms with Crippen molar-refractivity contribution in [2.24, 2.45) is 0 Å². The Morgan fingerprint density at radius 2 is 1.66 bits per heavy atom. The van der Waals surface area contributed by atoms with Gasteiger partial charge < -0.3 is 9.73 Å². The largest absolute Gasteiger partial charge is 0.436 e. The number of oxazole rings is 1. The minimum Gasteiger partial charge on any atom is -0.436 e. The molecule has 4 rings (SSSR count). The van der Waals surface area contributed by atoms with Gasteiger partial charge in [0.25, 0.3) is 0 Å². The molecule has 6 nitrogen and oxygen atoms in total. The van der Waals surface area contributed by atoms with E-state index in [-0.39, 0.29) is 4.90 Å². The summed E-state index contributed by atoms with van der Waals surface area (Å²) in [4.78, 5) is 16.8. The number of amides is 1. The zero-order chi connectivity index (χ0) is 20.4. The third-order valence-corrected chi connectivity index (χ3v) is 6.04. The molecule has 0 aliphatic carbocycles. The highest BCUT2D eigenvalue weighted by molar-refractivity contribution is 7.92. The quantitative estimate of drug-likeness (QED) is 0.536. The summed E-state index contributed by atoms with van der Waals surface area (Å²) in [5.41, 5.74) is 3.66. The Labute approximate surface area is 168 Å². The van der Waals surface area contributed by atoms with Crippen molar-refractivity contribution in [2.45, 2.75) is 11.8 Å². The normalized spacial score (nSPS) is 11.5. The van der Waals surface area contributed by atoms with Crippen LogP contribution in [-0.2, 0) is 14.6 Å². The Balaban J connectivity index is 1.45. The summed E-state index contributed by atoms with van der Waals surface area (Å²) in [6, 6.07) is 20.8. The van der Waals surface area contributed by atoms with Crippen LogP contribution >= 0.6 is 0 Å². The smallest absolute Gasteiger partial charge is 0.239 e. The Bertz CT molecular complexity index is 1240. The van der Waals surface area contributed by atoms with E-state index < -0.39 is 21.5 Å². The monoisotopic (exact) mass is 406 g/mol. The van der Waals surface area contributed by atoms with E-state index in [9.17, 15) is 13.2 Å². The number of fused-ring (bicyclic) bond motifs is 1. The number of nitrogens with one attached hydrogen (secondary N) is 1. The van der Waals surface area contributed by atoms with Crippen LogP contribution in [0.5, 0.6) is 0 Å². The van der Waals surface area contributed by atoms with Gasteiger partial charge in [0.2, 0.25) is 11.8 Å². The zero-order valence-electron chi connectivity index (χ0n) is 15.6. The summed E-state index contributed by atoms with van der Waals surface area (Å²) in [5.74, 6) is -0.741. The predicted molar refractivity (Wildman–Crippen MR) is 111 cm³/mol. The van der Waals surface area contributed by atoms with Crippen LogP contribution in [0.1, 0.15) is 5.56 Å². The minimum atomic E-state index is -3.70. The number of aryl methyl sites for hydroxylation is 1. The van der Waals surface area contributed by atoms with Gasteiger partial charge in [-0.05, 0) is 55.5 Å². The number of anilines is 1. The van der Waals surface area contributed by atoms with Crippen LogP contribution in [0.2, 0.25) is 0 Å². The molecule has 1 amide bonds. The van der Waals surface area contributed by atoms with Crippen LogP contribution < -0.4 is 5.32 Å².